The number of fused-ring (bicyclic) bond motifs is 2. The first-order valence-corrected chi connectivity index (χ1v) is 11.2. The van der Waals surface area contributed by atoms with E-state index >= 15 is 0 Å². The Labute approximate surface area is 150 Å². The second-order valence-electron chi connectivity index (χ2n) is 7.68. The Kier molecular flexibility index (Phi) is 4.26. The maximum absolute atomic E-state index is 13.1. The number of carbonyl (C=O) groups excluding carboxylic acids is 1. The van der Waals surface area contributed by atoms with Crippen molar-refractivity contribution in [2.75, 3.05) is 23.7 Å². The van der Waals surface area contributed by atoms with Crippen LogP contribution in [-0.2, 0) is 16.4 Å². The van der Waals surface area contributed by atoms with E-state index in [9.17, 15) is 13.2 Å². The SMILES string of the molecule is CS(=O)(=O)N1CCc2cc(C(=O)N3CCCC4CCCCC43)ccc21. The van der Waals surface area contributed by atoms with Crippen LogP contribution in [-0.4, -0.2) is 44.6 Å². The molecule has 6 heteroatoms. The molecule has 1 saturated heterocycles. The highest BCUT2D eigenvalue weighted by atomic mass is 32.2. The lowest BCUT2D eigenvalue weighted by Crippen LogP contribution is -2.49. The molecule has 5 nitrogen and oxygen atoms in total. The fourth-order valence-electron chi connectivity index (χ4n) is 4.89. The molecule has 4 rings (SSSR count). The van der Waals surface area contributed by atoms with Crippen molar-refractivity contribution in [3.8, 4) is 0 Å². The van der Waals surface area contributed by atoms with Gasteiger partial charge in [0.15, 0.2) is 0 Å². The lowest BCUT2D eigenvalue weighted by Gasteiger charge is -2.44. The van der Waals surface area contributed by atoms with Crippen molar-refractivity contribution >= 4 is 21.6 Å². The minimum absolute atomic E-state index is 0.122. The van der Waals surface area contributed by atoms with E-state index in [0.717, 1.165) is 30.6 Å². The summed E-state index contributed by atoms with van der Waals surface area (Å²) in [6.45, 7) is 1.33. The highest BCUT2D eigenvalue weighted by Crippen LogP contribution is 2.37. The molecule has 136 valence electrons. The molecule has 2 aliphatic heterocycles. The van der Waals surface area contributed by atoms with Gasteiger partial charge in [0.05, 0.1) is 11.9 Å². The van der Waals surface area contributed by atoms with Crippen molar-refractivity contribution in [1.29, 1.82) is 0 Å². The third-order valence-corrected chi connectivity index (χ3v) is 7.26. The number of hydrogen-bond donors (Lipinski definition) is 0. The van der Waals surface area contributed by atoms with Gasteiger partial charge >= 0.3 is 0 Å². The molecule has 0 aromatic heterocycles. The van der Waals surface area contributed by atoms with Crippen LogP contribution in [0.15, 0.2) is 18.2 Å². The highest BCUT2D eigenvalue weighted by Gasteiger charge is 2.36. The van der Waals surface area contributed by atoms with Crippen LogP contribution in [0.3, 0.4) is 0 Å². The van der Waals surface area contributed by atoms with E-state index in [0.29, 0.717) is 30.5 Å². The average Bonchev–Trinajstić information content (AvgIpc) is 3.04. The number of rotatable bonds is 2. The van der Waals surface area contributed by atoms with Gasteiger partial charge in [-0.05, 0) is 61.8 Å². The zero-order chi connectivity index (χ0) is 17.6. The van der Waals surface area contributed by atoms with E-state index in [1.165, 1.54) is 36.2 Å². The molecule has 2 atom stereocenters. The molecule has 2 unspecified atom stereocenters. The first-order chi connectivity index (χ1) is 11.9. The summed E-state index contributed by atoms with van der Waals surface area (Å²) in [7, 11) is -3.25. The normalized spacial score (nSPS) is 26.3. The van der Waals surface area contributed by atoms with E-state index in [1.807, 2.05) is 6.07 Å². The topological polar surface area (TPSA) is 57.7 Å². The van der Waals surface area contributed by atoms with Gasteiger partial charge in [0.2, 0.25) is 10.0 Å². The predicted octanol–water partition coefficient (Wildman–Crippen LogP) is 2.80. The predicted molar refractivity (Wildman–Crippen MR) is 98.4 cm³/mol. The van der Waals surface area contributed by atoms with Gasteiger partial charge in [-0.25, -0.2) is 8.42 Å². The first kappa shape index (κ1) is 16.9. The van der Waals surface area contributed by atoms with Gasteiger partial charge in [0, 0.05) is 24.7 Å². The van der Waals surface area contributed by atoms with Crippen LogP contribution in [0.4, 0.5) is 5.69 Å². The standard InChI is InChI=1S/C19H26N2O3S/c1-25(23,24)21-12-10-15-13-16(8-9-18(15)21)19(22)20-11-4-6-14-5-2-3-7-17(14)20/h8-9,13-14,17H,2-7,10-12H2,1H3. The number of anilines is 1. The maximum atomic E-state index is 13.1. The summed E-state index contributed by atoms with van der Waals surface area (Å²) in [5.74, 6) is 0.791. The highest BCUT2D eigenvalue weighted by molar-refractivity contribution is 7.92. The molecule has 0 radical (unpaired) electrons. The molecule has 0 N–H and O–H groups in total. The lowest BCUT2D eigenvalue weighted by atomic mass is 9.78. The van der Waals surface area contributed by atoms with Crippen LogP contribution < -0.4 is 4.31 Å². The molecule has 1 aliphatic carbocycles. The number of carbonyl (C=O) groups is 1. The van der Waals surface area contributed by atoms with Gasteiger partial charge < -0.3 is 4.90 Å². The molecular formula is C19H26N2O3S. The Morgan fingerprint density at radius 3 is 2.64 bits per heavy atom. The van der Waals surface area contributed by atoms with Crippen molar-refractivity contribution in [3.63, 3.8) is 0 Å². The third-order valence-electron chi connectivity index (χ3n) is 6.08. The lowest BCUT2D eigenvalue weighted by molar-refractivity contribution is 0.0390. The summed E-state index contributed by atoms with van der Waals surface area (Å²) >= 11 is 0. The van der Waals surface area contributed by atoms with Crippen LogP contribution in [0, 0.1) is 5.92 Å². The van der Waals surface area contributed by atoms with Crippen LogP contribution in [0.5, 0.6) is 0 Å². The fourth-order valence-corrected chi connectivity index (χ4v) is 5.85. The van der Waals surface area contributed by atoms with Crippen molar-refractivity contribution in [2.24, 2.45) is 5.92 Å². The number of likely N-dealkylation sites (tertiary alicyclic amines) is 1. The number of sulfonamides is 1. The van der Waals surface area contributed by atoms with Crippen LogP contribution in [0.25, 0.3) is 0 Å². The van der Waals surface area contributed by atoms with E-state index in [4.69, 9.17) is 0 Å². The van der Waals surface area contributed by atoms with Crippen LogP contribution in [0.2, 0.25) is 0 Å². The number of hydrogen-bond acceptors (Lipinski definition) is 3. The largest absolute Gasteiger partial charge is 0.335 e. The minimum Gasteiger partial charge on any atom is -0.335 e. The summed E-state index contributed by atoms with van der Waals surface area (Å²) < 4.78 is 25.2. The summed E-state index contributed by atoms with van der Waals surface area (Å²) in [5.41, 5.74) is 2.40. The minimum atomic E-state index is -3.25. The van der Waals surface area contributed by atoms with E-state index in [1.54, 1.807) is 12.1 Å². The van der Waals surface area contributed by atoms with Crippen molar-refractivity contribution in [3.05, 3.63) is 29.3 Å². The molecule has 1 aromatic carbocycles. The maximum Gasteiger partial charge on any atom is 0.254 e. The van der Waals surface area contributed by atoms with Gasteiger partial charge in [-0.1, -0.05) is 12.8 Å². The summed E-state index contributed by atoms with van der Waals surface area (Å²) in [6.07, 6.45) is 9.16. The molecule has 0 bridgehead atoms. The second-order valence-corrected chi connectivity index (χ2v) is 9.59. The zero-order valence-electron chi connectivity index (χ0n) is 14.8. The molecule has 0 spiro atoms. The molecule has 2 fully saturated rings. The zero-order valence-corrected chi connectivity index (χ0v) is 15.6. The molecule has 3 aliphatic rings. The fraction of sp³-hybridized carbons (Fsp3) is 0.632. The van der Waals surface area contributed by atoms with Gasteiger partial charge in [-0.2, -0.15) is 0 Å². The Balaban J connectivity index is 1.59. The van der Waals surface area contributed by atoms with Crippen LogP contribution >= 0.6 is 0 Å². The molecular weight excluding hydrogens is 336 g/mol. The number of benzene rings is 1. The first-order valence-electron chi connectivity index (χ1n) is 9.37. The number of amides is 1. The average molecular weight is 362 g/mol. The smallest absolute Gasteiger partial charge is 0.254 e. The Morgan fingerprint density at radius 1 is 1.08 bits per heavy atom. The Bertz CT molecular complexity index is 788. The molecule has 2 heterocycles. The van der Waals surface area contributed by atoms with E-state index in [-0.39, 0.29) is 5.91 Å². The van der Waals surface area contributed by atoms with Gasteiger partial charge in [-0.15, -0.1) is 0 Å². The molecule has 1 aromatic rings. The molecule has 25 heavy (non-hydrogen) atoms. The quantitative estimate of drug-likeness (QED) is 0.813. The van der Waals surface area contributed by atoms with E-state index in [2.05, 4.69) is 4.90 Å². The monoisotopic (exact) mass is 362 g/mol. The second kappa shape index (κ2) is 6.31. The molecule has 1 saturated carbocycles. The van der Waals surface area contributed by atoms with Crippen LogP contribution in [0.1, 0.15) is 54.4 Å². The number of nitrogens with zero attached hydrogens (tertiary/aromatic N) is 2. The van der Waals surface area contributed by atoms with E-state index < -0.39 is 10.0 Å². The van der Waals surface area contributed by atoms with Gasteiger partial charge in [0.1, 0.15) is 0 Å². The Hall–Kier alpha value is -1.56. The third kappa shape index (κ3) is 3.05. The summed E-state index contributed by atoms with van der Waals surface area (Å²) in [6, 6.07) is 5.92. The Morgan fingerprint density at radius 2 is 1.84 bits per heavy atom. The van der Waals surface area contributed by atoms with Crippen molar-refractivity contribution < 1.29 is 13.2 Å². The molecule has 1 amide bonds. The van der Waals surface area contributed by atoms with Crippen molar-refractivity contribution in [1.82, 2.24) is 4.90 Å². The van der Waals surface area contributed by atoms with Gasteiger partial charge in [-0.3, -0.25) is 9.10 Å². The summed E-state index contributed by atoms with van der Waals surface area (Å²) in [5, 5.41) is 0. The van der Waals surface area contributed by atoms with Gasteiger partial charge in [0.25, 0.3) is 5.91 Å². The number of piperidine rings is 1. The summed E-state index contributed by atoms with van der Waals surface area (Å²) in [4.78, 5) is 15.2. The van der Waals surface area contributed by atoms with Crippen molar-refractivity contribution in [2.45, 2.75) is 51.0 Å².